The molecule has 0 saturated carbocycles. The van der Waals surface area contributed by atoms with Gasteiger partial charge >= 0.3 is 0 Å². The Morgan fingerprint density at radius 1 is 1.17 bits per heavy atom. The Morgan fingerprint density at radius 3 is 2.17 bits per heavy atom. The van der Waals surface area contributed by atoms with Crippen molar-refractivity contribution in [3.05, 3.63) is 0 Å². The second kappa shape index (κ2) is 7.79. The molecule has 0 aromatic carbocycles. The van der Waals surface area contributed by atoms with Gasteiger partial charge < -0.3 is 0 Å². The van der Waals surface area contributed by atoms with Crippen molar-refractivity contribution in [3.8, 4) is 0 Å². The zero-order valence-electron chi connectivity index (χ0n) is 7.72. The summed E-state index contributed by atoms with van der Waals surface area (Å²) in [4.78, 5) is 0. The minimum Gasteiger partial charge on any atom is -0.236 e. The first-order valence-corrected chi connectivity index (χ1v) is 7.15. The van der Waals surface area contributed by atoms with Gasteiger partial charge in [-0.05, 0) is 24.7 Å². The van der Waals surface area contributed by atoms with Gasteiger partial charge in [-0.1, -0.05) is 59.0 Å². The summed E-state index contributed by atoms with van der Waals surface area (Å²) in [6.45, 7) is 4.39. The van der Waals surface area contributed by atoms with Crippen LogP contribution in [0.3, 0.4) is 0 Å². The minimum atomic E-state index is 0.0838. The molecule has 12 heavy (non-hydrogen) atoms. The monoisotopic (exact) mass is 395 g/mol. The van der Waals surface area contributed by atoms with Crippen LogP contribution in [0.5, 0.6) is 0 Å². The molecule has 1 nitrogen and oxygen atoms in total. The maximum Gasteiger partial charge on any atom is 0.0847 e. The van der Waals surface area contributed by atoms with Gasteiger partial charge in [0.05, 0.1) is 6.61 Å². The third-order valence-corrected chi connectivity index (χ3v) is 5.61. The van der Waals surface area contributed by atoms with Gasteiger partial charge in [0, 0.05) is 8.35 Å². The molecule has 0 amide bonds. The van der Waals surface area contributed by atoms with Crippen LogP contribution < -0.4 is 0 Å². The lowest BCUT2D eigenvalue weighted by Crippen LogP contribution is -2.11. The first kappa shape index (κ1) is 13.4. The second-order valence-electron chi connectivity index (χ2n) is 3.60. The van der Waals surface area contributed by atoms with Gasteiger partial charge in [-0.2, -0.15) is 0 Å². The van der Waals surface area contributed by atoms with Crippen molar-refractivity contribution in [2.45, 2.75) is 30.6 Å². The molecule has 0 heterocycles. The average molecular weight is 395 g/mol. The fraction of sp³-hybridized carbons (Fsp3) is 1.00. The smallest absolute Gasteiger partial charge is 0.0847 e. The summed E-state index contributed by atoms with van der Waals surface area (Å²) in [5.41, 5.74) is 0. The van der Waals surface area contributed by atoms with Gasteiger partial charge in [-0.15, -0.1) is 0 Å². The number of hydrogen-bond donors (Lipinski definition) is 0. The van der Waals surface area contributed by atoms with Crippen LogP contribution in [0.1, 0.15) is 26.7 Å². The molecule has 0 rings (SSSR count). The Kier molecular flexibility index (Phi) is 8.71. The molecule has 1 radical (unpaired) electrons. The molecule has 0 aliphatic rings. The van der Waals surface area contributed by atoms with Crippen LogP contribution in [0, 0.1) is 11.8 Å². The van der Waals surface area contributed by atoms with E-state index in [2.05, 4.69) is 59.0 Å². The zero-order valence-corrected chi connectivity index (χ0v) is 12.0. The van der Waals surface area contributed by atoms with E-state index in [0.717, 1.165) is 10.3 Å². The molecular weight excluding hydrogens is 378 g/mol. The van der Waals surface area contributed by atoms with E-state index in [4.69, 9.17) is 0 Å². The Hall–Kier alpha value is 1.42. The van der Waals surface area contributed by atoms with E-state index < -0.39 is 0 Å². The molecule has 0 fully saturated rings. The van der Waals surface area contributed by atoms with Crippen molar-refractivity contribution in [1.29, 1.82) is 0 Å². The molecule has 0 saturated heterocycles. The highest BCUT2D eigenvalue weighted by molar-refractivity contribution is 14.1. The Morgan fingerprint density at radius 2 is 1.75 bits per heavy atom. The quantitative estimate of drug-likeness (QED) is 0.483. The molecule has 0 bridgehead atoms. The van der Waals surface area contributed by atoms with Gasteiger partial charge in [0.15, 0.2) is 0 Å². The number of rotatable bonds is 6. The first-order valence-electron chi connectivity index (χ1n) is 4.38. The number of alkyl halides is 2. The highest BCUT2D eigenvalue weighted by Gasteiger charge is 2.12. The maximum atomic E-state index is 10.5. The van der Waals surface area contributed by atoms with Crippen LogP contribution in [-0.2, 0) is 5.11 Å². The summed E-state index contributed by atoms with van der Waals surface area (Å²) in [5, 5.41) is 10.5. The summed E-state index contributed by atoms with van der Waals surface area (Å²) in [6.07, 6.45) is 2.35. The lowest BCUT2D eigenvalue weighted by Gasteiger charge is -2.16. The summed E-state index contributed by atoms with van der Waals surface area (Å²) in [7, 11) is 0. The third-order valence-electron chi connectivity index (χ3n) is 1.91. The zero-order chi connectivity index (χ0) is 9.56. The van der Waals surface area contributed by atoms with E-state index in [9.17, 15) is 5.11 Å². The Labute approximate surface area is 103 Å². The van der Waals surface area contributed by atoms with Crippen LogP contribution in [0.15, 0.2) is 0 Å². The van der Waals surface area contributed by atoms with Gasteiger partial charge in [0.1, 0.15) is 0 Å². The lowest BCUT2D eigenvalue weighted by atomic mass is 9.94. The van der Waals surface area contributed by atoms with E-state index in [1.165, 1.54) is 10.8 Å². The summed E-state index contributed by atoms with van der Waals surface area (Å²) >= 11 is 4.91. The average Bonchev–Trinajstić information content (AvgIpc) is 2.03. The van der Waals surface area contributed by atoms with E-state index >= 15 is 0 Å². The summed E-state index contributed by atoms with van der Waals surface area (Å²) < 4.78 is 1.99. The van der Waals surface area contributed by atoms with Gasteiger partial charge in [-0.25, -0.2) is 5.11 Å². The normalized spacial score (nSPS) is 18.8. The molecule has 0 aliphatic carbocycles. The molecule has 0 aliphatic heterocycles. The molecule has 3 unspecified atom stereocenters. The molecular formula is C9H17I2O. The SMILES string of the molecule is CC(C[O])CC(C)CC(I)CI. The third kappa shape index (κ3) is 6.88. The van der Waals surface area contributed by atoms with Crippen LogP contribution in [-0.4, -0.2) is 15.0 Å². The second-order valence-corrected chi connectivity index (χ2v) is 6.24. The summed E-state index contributed by atoms with van der Waals surface area (Å²) in [5.74, 6) is 1.07. The van der Waals surface area contributed by atoms with Crippen molar-refractivity contribution >= 4 is 45.2 Å². The number of hydrogen-bond acceptors (Lipinski definition) is 0. The van der Waals surface area contributed by atoms with Crippen molar-refractivity contribution in [2.75, 3.05) is 11.0 Å². The van der Waals surface area contributed by atoms with E-state index in [1.54, 1.807) is 0 Å². The minimum absolute atomic E-state index is 0.0838. The van der Waals surface area contributed by atoms with Gasteiger partial charge in [0.2, 0.25) is 0 Å². The largest absolute Gasteiger partial charge is 0.236 e. The van der Waals surface area contributed by atoms with Crippen LogP contribution >= 0.6 is 45.2 Å². The molecule has 0 spiro atoms. The predicted molar refractivity (Wildman–Crippen MR) is 69.8 cm³/mol. The van der Waals surface area contributed by atoms with E-state index in [-0.39, 0.29) is 6.61 Å². The summed E-state index contributed by atoms with van der Waals surface area (Å²) in [6, 6.07) is 0. The molecule has 0 aromatic heterocycles. The van der Waals surface area contributed by atoms with Crippen LogP contribution in [0.2, 0.25) is 0 Å². The standard InChI is InChI=1S/C9H17I2O/c1-7(3-8(2)6-12)4-9(11)5-10/h7-9H,3-6H2,1-2H3. The van der Waals surface area contributed by atoms with Gasteiger partial charge in [-0.3, -0.25) is 0 Å². The first-order chi connectivity index (χ1) is 5.60. The fourth-order valence-electron chi connectivity index (χ4n) is 1.35. The number of halogens is 2. The van der Waals surface area contributed by atoms with Crippen LogP contribution in [0.4, 0.5) is 0 Å². The molecule has 3 heteroatoms. The van der Waals surface area contributed by atoms with Crippen molar-refractivity contribution in [2.24, 2.45) is 11.8 Å². The highest BCUT2D eigenvalue weighted by atomic mass is 127. The topological polar surface area (TPSA) is 19.9 Å². The van der Waals surface area contributed by atoms with Crippen LogP contribution in [0.25, 0.3) is 0 Å². The van der Waals surface area contributed by atoms with Crippen molar-refractivity contribution in [1.82, 2.24) is 0 Å². The molecule has 0 N–H and O–H groups in total. The fourth-order valence-corrected chi connectivity index (χ4v) is 2.58. The molecule has 73 valence electrons. The maximum absolute atomic E-state index is 10.5. The molecule has 0 aromatic rings. The predicted octanol–water partition coefficient (Wildman–Crippen LogP) is 3.71. The van der Waals surface area contributed by atoms with Crippen molar-refractivity contribution < 1.29 is 5.11 Å². The lowest BCUT2D eigenvalue weighted by molar-refractivity contribution is 0.138. The van der Waals surface area contributed by atoms with Gasteiger partial charge in [0.25, 0.3) is 0 Å². The van der Waals surface area contributed by atoms with E-state index in [0.29, 0.717) is 11.8 Å². The molecule has 3 atom stereocenters. The highest BCUT2D eigenvalue weighted by Crippen LogP contribution is 2.21. The van der Waals surface area contributed by atoms with E-state index in [1.807, 2.05) is 0 Å². The Balaban J connectivity index is 3.51. The van der Waals surface area contributed by atoms with Crippen molar-refractivity contribution in [3.63, 3.8) is 0 Å². The Bertz CT molecular complexity index is 96.7.